The van der Waals surface area contributed by atoms with Crippen LogP contribution in [0.3, 0.4) is 0 Å². The Bertz CT molecular complexity index is 669. The molecular formula is C10H8N4O2. The van der Waals surface area contributed by atoms with Crippen molar-refractivity contribution in [3.63, 3.8) is 0 Å². The fourth-order valence-corrected chi connectivity index (χ4v) is 1.44. The lowest BCUT2D eigenvalue weighted by Gasteiger charge is -1.81. The van der Waals surface area contributed by atoms with E-state index < -0.39 is 10.9 Å². The highest BCUT2D eigenvalue weighted by Gasteiger charge is 2.09. The molecule has 0 saturated heterocycles. The van der Waals surface area contributed by atoms with Gasteiger partial charge in [0.15, 0.2) is 5.36 Å². The Morgan fingerprint density at radius 3 is 1.94 bits per heavy atom. The summed E-state index contributed by atoms with van der Waals surface area (Å²) in [6.45, 7) is 0. The minimum absolute atomic E-state index is 0.255. The Morgan fingerprint density at radius 2 is 1.50 bits per heavy atom. The number of hydrogen-bond acceptors (Lipinski definition) is 4. The third-order valence-corrected chi connectivity index (χ3v) is 2.11. The second kappa shape index (κ2) is 3.58. The number of guanidine groups is 1. The normalized spacial score (nSPS) is 10.2. The number of hydrogen-bond donors (Lipinski definition) is 2. The number of fused-ring (bicyclic) bond motifs is 1. The van der Waals surface area contributed by atoms with E-state index in [1.165, 1.54) is 0 Å². The van der Waals surface area contributed by atoms with Crippen LogP contribution in [0.5, 0.6) is 0 Å². The average molecular weight is 216 g/mol. The van der Waals surface area contributed by atoms with E-state index in [4.69, 9.17) is 11.5 Å². The van der Waals surface area contributed by atoms with Gasteiger partial charge in [0.25, 0.3) is 0 Å². The minimum Gasteiger partial charge on any atom is -0.369 e. The SMILES string of the molecule is NC(N)=NN=c1c(=O)c2ccccc2c1=O. The van der Waals surface area contributed by atoms with E-state index in [0.717, 1.165) is 0 Å². The Morgan fingerprint density at radius 1 is 1.00 bits per heavy atom. The lowest BCUT2D eigenvalue weighted by atomic mass is 10.2. The summed E-state index contributed by atoms with van der Waals surface area (Å²) in [6.07, 6.45) is 0. The third kappa shape index (κ3) is 1.46. The maximum Gasteiger partial charge on any atom is 0.218 e. The number of rotatable bonds is 1. The quantitative estimate of drug-likeness (QED) is 0.344. The van der Waals surface area contributed by atoms with Crippen LogP contribution < -0.4 is 27.7 Å². The molecule has 2 aromatic carbocycles. The molecule has 0 aliphatic carbocycles. The van der Waals surface area contributed by atoms with Gasteiger partial charge in [-0.2, -0.15) is 0 Å². The summed E-state index contributed by atoms with van der Waals surface area (Å²) in [5.41, 5.74) is 9.22. The summed E-state index contributed by atoms with van der Waals surface area (Å²) in [4.78, 5) is 23.4. The number of nitrogens with two attached hydrogens (primary N) is 2. The molecule has 0 spiro atoms. The van der Waals surface area contributed by atoms with Crippen molar-refractivity contribution < 1.29 is 0 Å². The summed E-state index contributed by atoms with van der Waals surface area (Å²) in [5, 5.41) is 7.17. The van der Waals surface area contributed by atoms with Gasteiger partial charge in [0.05, 0.1) is 0 Å². The second-order valence-corrected chi connectivity index (χ2v) is 3.18. The molecule has 6 nitrogen and oxygen atoms in total. The third-order valence-electron chi connectivity index (χ3n) is 2.11. The highest BCUT2D eigenvalue weighted by Crippen LogP contribution is 2.01. The zero-order chi connectivity index (χ0) is 11.7. The first-order valence-electron chi connectivity index (χ1n) is 4.46. The minimum atomic E-state index is -0.453. The van der Waals surface area contributed by atoms with Gasteiger partial charge in [-0.05, 0) is 0 Å². The molecule has 2 rings (SSSR count). The van der Waals surface area contributed by atoms with Gasteiger partial charge in [-0.3, -0.25) is 9.59 Å². The molecule has 16 heavy (non-hydrogen) atoms. The second-order valence-electron chi connectivity index (χ2n) is 3.18. The van der Waals surface area contributed by atoms with Crippen LogP contribution in [0.25, 0.3) is 10.8 Å². The van der Waals surface area contributed by atoms with Crippen molar-refractivity contribution in [2.24, 2.45) is 21.7 Å². The Hall–Kier alpha value is -2.50. The summed E-state index contributed by atoms with van der Waals surface area (Å²) in [7, 11) is 0. The molecule has 0 bridgehead atoms. The van der Waals surface area contributed by atoms with Gasteiger partial charge in [-0.1, -0.05) is 24.3 Å². The van der Waals surface area contributed by atoms with Crippen molar-refractivity contribution in [3.8, 4) is 0 Å². The standard InChI is InChI=1S/C10H8N4O2/c11-10(12)14-13-7-8(15)5-3-1-2-4-6(5)9(7)16/h1-4H,(H4,11,12,14). The van der Waals surface area contributed by atoms with Gasteiger partial charge in [-0.25, -0.2) is 0 Å². The summed E-state index contributed by atoms with van der Waals surface area (Å²) in [5.74, 6) is -0.302. The molecule has 0 aromatic heterocycles. The molecule has 0 heterocycles. The van der Waals surface area contributed by atoms with Crippen LogP contribution in [0, 0.1) is 0 Å². The van der Waals surface area contributed by atoms with Crippen LogP contribution in [0.2, 0.25) is 0 Å². The topological polar surface area (TPSA) is 111 Å². The van der Waals surface area contributed by atoms with Crippen LogP contribution in [-0.2, 0) is 0 Å². The van der Waals surface area contributed by atoms with Crippen molar-refractivity contribution in [3.05, 3.63) is 50.1 Å². The van der Waals surface area contributed by atoms with E-state index >= 15 is 0 Å². The van der Waals surface area contributed by atoms with Gasteiger partial charge in [0, 0.05) is 10.8 Å². The van der Waals surface area contributed by atoms with E-state index in [9.17, 15) is 9.59 Å². The molecule has 0 aliphatic rings. The fourth-order valence-electron chi connectivity index (χ4n) is 1.44. The van der Waals surface area contributed by atoms with Gasteiger partial charge in [0.1, 0.15) is 0 Å². The smallest absolute Gasteiger partial charge is 0.218 e. The van der Waals surface area contributed by atoms with Crippen molar-refractivity contribution in [2.45, 2.75) is 0 Å². The van der Waals surface area contributed by atoms with Crippen molar-refractivity contribution in [2.75, 3.05) is 0 Å². The Labute approximate surface area is 89.2 Å². The zero-order valence-corrected chi connectivity index (χ0v) is 8.18. The first kappa shape index (κ1) is 10.0. The maximum absolute atomic E-state index is 11.7. The van der Waals surface area contributed by atoms with Gasteiger partial charge >= 0.3 is 0 Å². The van der Waals surface area contributed by atoms with E-state index in [0.29, 0.717) is 10.8 Å². The summed E-state index contributed by atoms with van der Waals surface area (Å²) >= 11 is 0. The number of benzene rings is 1. The lowest BCUT2D eigenvalue weighted by molar-refractivity contribution is 1.10. The molecular weight excluding hydrogens is 208 g/mol. The summed E-state index contributed by atoms with van der Waals surface area (Å²) in [6, 6.07) is 6.47. The molecule has 0 unspecified atom stereocenters. The maximum atomic E-state index is 11.7. The van der Waals surface area contributed by atoms with Gasteiger partial charge < -0.3 is 11.5 Å². The van der Waals surface area contributed by atoms with E-state index in [2.05, 4.69) is 10.2 Å². The average Bonchev–Trinajstić information content (AvgIpc) is 2.50. The first-order chi connectivity index (χ1) is 7.61. The molecule has 0 amide bonds. The van der Waals surface area contributed by atoms with Crippen LogP contribution >= 0.6 is 0 Å². The van der Waals surface area contributed by atoms with Crippen molar-refractivity contribution in [1.29, 1.82) is 0 Å². The molecule has 0 fully saturated rings. The van der Waals surface area contributed by atoms with Crippen molar-refractivity contribution >= 4 is 16.7 Å². The molecule has 0 atom stereocenters. The first-order valence-corrected chi connectivity index (χ1v) is 4.46. The summed E-state index contributed by atoms with van der Waals surface area (Å²) < 4.78 is 0. The van der Waals surface area contributed by atoms with Crippen LogP contribution in [0.1, 0.15) is 0 Å². The van der Waals surface area contributed by atoms with Gasteiger partial charge in [-0.15, -0.1) is 10.2 Å². The van der Waals surface area contributed by atoms with E-state index in [1.807, 2.05) is 0 Å². The van der Waals surface area contributed by atoms with Crippen LogP contribution in [0.15, 0.2) is 44.1 Å². The Balaban J connectivity index is 2.93. The largest absolute Gasteiger partial charge is 0.369 e. The predicted octanol–water partition coefficient (Wildman–Crippen LogP) is -1.48. The van der Waals surface area contributed by atoms with Crippen LogP contribution in [0.4, 0.5) is 0 Å². The lowest BCUT2D eigenvalue weighted by Crippen LogP contribution is -2.32. The molecule has 80 valence electrons. The van der Waals surface area contributed by atoms with Crippen LogP contribution in [-0.4, -0.2) is 5.96 Å². The zero-order valence-electron chi connectivity index (χ0n) is 8.18. The molecule has 2 aromatic rings. The highest BCUT2D eigenvalue weighted by molar-refractivity contribution is 5.83. The number of nitrogens with zero attached hydrogens (tertiary/aromatic N) is 2. The fraction of sp³-hybridized carbons (Fsp3) is 0. The van der Waals surface area contributed by atoms with E-state index in [-0.39, 0.29) is 11.3 Å². The Kier molecular flexibility index (Phi) is 2.24. The highest BCUT2D eigenvalue weighted by atomic mass is 16.1. The van der Waals surface area contributed by atoms with Crippen molar-refractivity contribution in [1.82, 2.24) is 0 Å². The molecule has 4 N–H and O–H groups in total. The molecule has 0 saturated carbocycles. The molecule has 0 aliphatic heterocycles. The molecule has 0 radical (unpaired) electrons. The predicted molar refractivity (Wildman–Crippen MR) is 60.2 cm³/mol. The van der Waals surface area contributed by atoms with Gasteiger partial charge in [0.2, 0.25) is 16.8 Å². The van der Waals surface area contributed by atoms with E-state index in [1.54, 1.807) is 24.3 Å². The monoisotopic (exact) mass is 216 g/mol. The molecule has 6 heteroatoms.